The maximum absolute atomic E-state index is 12.9. The van der Waals surface area contributed by atoms with Gasteiger partial charge < -0.3 is 9.47 Å². The average molecular weight is 325 g/mol. The van der Waals surface area contributed by atoms with Crippen LogP contribution >= 0.6 is 0 Å². The maximum atomic E-state index is 12.9. The summed E-state index contributed by atoms with van der Waals surface area (Å²) in [5.41, 5.74) is 0.661. The van der Waals surface area contributed by atoms with Gasteiger partial charge in [-0.15, -0.1) is 0 Å². The zero-order valence-electron chi connectivity index (χ0n) is 12.2. The lowest BCUT2D eigenvalue weighted by Crippen LogP contribution is -2.23. The molecule has 1 N–H and O–H groups in total. The van der Waals surface area contributed by atoms with Gasteiger partial charge in [-0.1, -0.05) is 6.07 Å². The van der Waals surface area contributed by atoms with E-state index in [0.29, 0.717) is 17.1 Å². The second kappa shape index (κ2) is 6.76. The summed E-state index contributed by atoms with van der Waals surface area (Å²) in [5, 5.41) is 0. The van der Waals surface area contributed by atoms with Crippen LogP contribution in [0.25, 0.3) is 0 Å². The second-order valence-electron chi connectivity index (χ2n) is 4.46. The lowest BCUT2D eigenvalue weighted by Gasteiger charge is -2.11. The Morgan fingerprint density at radius 2 is 1.73 bits per heavy atom. The SMILES string of the molecule is COc1ccc(CNS(=O)(=O)c2ccc(F)cc2)c(OC)c1. The molecule has 0 radical (unpaired) electrons. The molecule has 7 heteroatoms. The topological polar surface area (TPSA) is 64.6 Å². The van der Waals surface area contributed by atoms with Crippen LogP contribution in [-0.4, -0.2) is 22.6 Å². The summed E-state index contributed by atoms with van der Waals surface area (Å²) in [6, 6.07) is 9.72. The number of methoxy groups -OCH3 is 2. The predicted molar refractivity (Wildman–Crippen MR) is 80.0 cm³/mol. The molecule has 2 aromatic rings. The fourth-order valence-electron chi connectivity index (χ4n) is 1.87. The molecule has 22 heavy (non-hydrogen) atoms. The van der Waals surface area contributed by atoms with E-state index < -0.39 is 15.8 Å². The number of rotatable bonds is 6. The Morgan fingerprint density at radius 3 is 2.32 bits per heavy atom. The molecule has 2 aromatic carbocycles. The van der Waals surface area contributed by atoms with Crippen LogP contribution in [0.15, 0.2) is 47.4 Å². The van der Waals surface area contributed by atoms with Crippen molar-refractivity contribution in [1.29, 1.82) is 0 Å². The van der Waals surface area contributed by atoms with Crippen LogP contribution in [-0.2, 0) is 16.6 Å². The Hall–Kier alpha value is -2.12. The Bertz CT molecular complexity index is 745. The van der Waals surface area contributed by atoms with Gasteiger partial charge in [-0.25, -0.2) is 17.5 Å². The summed E-state index contributed by atoms with van der Waals surface area (Å²) in [6.45, 7) is 0.0485. The summed E-state index contributed by atoms with van der Waals surface area (Å²) >= 11 is 0. The van der Waals surface area contributed by atoms with Gasteiger partial charge in [0.2, 0.25) is 10.0 Å². The molecular formula is C15H16FNO4S. The van der Waals surface area contributed by atoms with Crippen LogP contribution < -0.4 is 14.2 Å². The first-order valence-corrected chi connectivity index (χ1v) is 7.90. The average Bonchev–Trinajstić information content (AvgIpc) is 2.53. The van der Waals surface area contributed by atoms with Crippen LogP contribution in [0.2, 0.25) is 0 Å². The van der Waals surface area contributed by atoms with Crippen LogP contribution in [0.5, 0.6) is 11.5 Å². The van der Waals surface area contributed by atoms with Crippen LogP contribution in [0.4, 0.5) is 4.39 Å². The van der Waals surface area contributed by atoms with Crippen molar-refractivity contribution in [3.05, 3.63) is 53.8 Å². The number of hydrogen-bond acceptors (Lipinski definition) is 4. The summed E-state index contributed by atoms with van der Waals surface area (Å²) in [4.78, 5) is 0.00128. The molecule has 0 aliphatic heterocycles. The number of benzene rings is 2. The van der Waals surface area contributed by atoms with Gasteiger partial charge >= 0.3 is 0 Å². The minimum Gasteiger partial charge on any atom is -0.497 e. The van der Waals surface area contributed by atoms with Crippen molar-refractivity contribution in [3.63, 3.8) is 0 Å². The highest BCUT2D eigenvalue weighted by molar-refractivity contribution is 7.89. The quantitative estimate of drug-likeness (QED) is 0.885. The fourth-order valence-corrected chi connectivity index (χ4v) is 2.87. The number of halogens is 1. The molecule has 0 atom stereocenters. The third-order valence-electron chi connectivity index (χ3n) is 3.07. The highest BCUT2D eigenvalue weighted by atomic mass is 32.2. The van der Waals surface area contributed by atoms with Gasteiger partial charge in [-0.05, 0) is 30.3 Å². The second-order valence-corrected chi connectivity index (χ2v) is 6.22. The van der Waals surface area contributed by atoms with E-state index in [1.807, 2.05) is 0 Å². The summed E-state index contributed by atoms with van der Waals surface area (Å²) in [5.74, 6) is 0.638. The van der Waals surface area contributed by atoms with Crippen LogP contribution in [0, 0.1) is 5.82 Å². The summed E-state index contributed by atoms with van der Waals surface area (Å²) < 4.78 is 49.9. The Kier molecular flexibility index (Phi) is 4.99. The van der Waals surface area contributed by atoms with Gasteiger partial charge in [-0.2, -0.15) is 0 Å². The van der Waals surface area contributed by atoms with Crippen molar-refractivity contribution in [2.75, 3.05) is 14.2 Å². The third kappa shape index (κ3) is 3.75. The van der Waals surface area contributed by atoms with Gasteiger partial charge in [0, 0.05) is 18.2 Å². The van der Waals surface area contributed by atoms with E-state index in [9.17, 15) is 12.8 Å². The summed E-state index contributed by atoms with van der Waals surface area (Å²) in [6.07, 6.45) is 0. The van der Waals surface area contributed by atoms with Gasteiger partial charge in [0.05, 0.1) is 19.1 Å². The van der Waals surface area contributed by atoms with Crippen molar-refractivity contribution < 1.29 is 22.3 Å². The van der Waals surface area contributed by atoms with E-state index in [0.717, 1.165) is 12.1 Å². The highest BCUT2D eigenvalue weighted by Gasteiger charge is 2.15. The summed E-state index contributed by atoms with van der Waals surface area (Å²) in [7, 11) is -0.693. The first-order chi connectivity index (χ1) is 10.5. The van der Waals surface area contributed by atoms with E-state index in [1.54, 1.807) is 18.2 Å². The van der Waals surface area contributed by atoms with E-state index >= 15 is 0 Å². The van der Waals surface area contributed by atoms with Crippen molar-refractivity contribution in [1.82, 2.24) is 4.72 Å². The molecule has 0 bridgehead atoms. The number of hydrogen-bond donors (Lipinski definition) is 1. The van der Waals surface area contributed by atoms with E-state index in [-0.39, 0.29) is 11.4 Å². The molecule has 0 aliphatic rings. The third-order valence-corrected chi connectivity index (χ3v) is 4.49. The van der Waals surface area contributed by atoms with Crippen LogP contribution in [0.1, 0.15) is 5.56 Å². The molecular weight excluding hydrogens is 309 g/mol. The standard InChI is InChI=1S/C15H16FNO4S/c1-20-13-6-3-11(15(9-13)21-2)10-17-22(18,19)14-7-4-12(16)5-8-14/h3-9,17H,10H2,1-2H3. The largest absolute Gasteiger partial charge is 0.497 e. The van der Waals surface area contributed by atoms with E-state index in [2.05, 4.69) is 4.72 Å². The fraction of sp³-hybridized carbons (Fsp3) is 0.200. The van der Waals surface area contributed by atoms with E-state index in [4.69, 9.17) is 9.47 Å². The maximum Gasteiger partial charge on any atom is 0.240 e. The van der Waals surface area contributed by atoms with E-state index in [1.165, 1.54) is 26.4 Å². The highest BCUT2D eigenvalue weighted by Crippen LogP contribution is 2.24. The van der Waals surface area contributed by atoms with Crippen molar-refractivity contribution in [3.8, 4) is 11.5 Å². The molecule has 0 fully saturated rings. The Balaban J connectivity index is 2.17. The molecule has 0 amide bonds. The van der Waals surface area contributed by atoms with Crippen molar-refractivity contribution in [2.45, 2.75) is 11.4 Å². The first-order valence-electron chi connectivity index (χ1n) is 6.42. The number of sulfonamides is 1. The first kappa shape index (κ1) is 16.3. The molecule has 0 aromatic heterocycles. The molecule has 0 heterocycles. The molecule has 0 spiro atoms. The molecule has 0 saturated carbocycles. The number of nitrogens with one attached hydrogen (secondary N) is 1. The van der Waals surface area contributed by atoms with Gasteiger partial charge in [0.15, 0.2) is 0 Å². The molecule has 0 unspecified atom stereocenters. The monoisotopic (exact) mass is 325 g/mol. The minimum atomic E-state index is -3.72. The molecule has 5 nitrogen and oxygen atoms in total. The lowest BCUT2D eigenvalue weighted by atomic mass is 10.2. The molecule has 118 valence electrons. The van der Waals surface area contributed by atoms with Crippen molar-refractivity contribution >= 4 is 10.0 Å². The lowest BCUT2D eigenvalue weighted by molar-refractivity contribution is 0.390. The molecule has 0 saturated heterocycles. The Labute approximate surface area is 128 Å². The zero-order valence-corrected chi connectivity index (χ0v) is 13.0. The number of ether oxygens (including phenoxy) is 2. The van der Waals surface area contributed by atoms with Crippen molar-refractivity contribution in [2.24, 2.45) is 0 Å². The molecule has 2 rings (SSSR count). The normalized spacial score (nSPS) is 11.2. The minimum absolute atomic E-state index is 0.00128. The molecule has 0 aliphatic carbocycles. The van der Waals surface area contributed by atoms with Gasteiger partial charge in [0.1, 0.15) is 17.3 Å². The van der Waals surface area contributed by atoms with Gasteiger partial charge in [0.25, 0.3) is 0 Å². The smallest absolute Gasteiger partial charge is 0.240 e. The Morgan fingerprint density at radius 1 is 1.05 bits per heavy atom. The zero-order chi connectivity index (χ0) is 16.2. The van der Waals surface area contributed by atoms with Crippen LogP contribution in [0.3, 0.4) is 0 Å². The van der Waals surface area contributed by atoms with Gasteiger partial charge in [-0.3, -0.25) is 0 Å². The predicted octanol–water partition coefficient (Wildman–Crippen LogP) is 2.32.